The van der Waals surface area contributed by atoms with E-state index in [0.717, 1.165) is 66.8 Å². The molecule has 5 heteroatoms. The second kappa shape index (κ2) is 10.9. The number of fused-ring (bicyclic) bond motifs is 2. The first-order valence-electron chi connectivity index (χ1n) is 13.6. The summed E-state index contributed by atoms with van der Waals surface area (Å²) in [7, 11) is 0. The third-order valence-corrected chi connectivity index (χ3v) is 8.23. The van der Waals surface area contributed by atoms with Crippen molar-refractivity contribution in [1.82, 2.24) is 4.90 Å². The van der Waals surface area contributed by atoms with E-state index in [0.29, 0.717) is 5.92 Å². The predicted molar refractivity (Wildman–Crippen MR) is 150 cm³/mol. The average molecular weight is 496 g/mol. The van der Waals surface area contributed by atoms with Crippen LogP contribution < -0.4 is 10.6 Å². The number of nitrogens with one attached hydrogen (secondary N) is 2. The third kappa shape index (κ3) is 5.05. The van der Waals surface area contributed by atoms with E-state index in [-0.39, 0.29) is 23.8 Å². The van der Waals surface area contributed by atoms with Crippen LogP contribution in [0.3, 0.4) is 0 Å². The molecule has 1 unspecified atom stereocenters. The molecule has 2 amide bonds. The van der Waals surface area contributed by atoms with Gasteiger partial charge in [0.05, 0.1) is 6.04 Å². The molecule has 0 radical (unpaired) electrons. The highest BCUT2D eigenvalue weighted by atomic mass is 16.2. The van der Waals surface area contributed by atoms with Crippen molar-refractivity contribution >= 4 is 23.2 Å². The lowest BCUT2D eigenvalue weighted by atomic mass is 9.84. The minimum atomic E-state index is -0.0348. The van der Waals surface area contributed by atoms with Crippen LogP contribution in [0.4, 0.5) is 11.4 Å². The second-order valence-corrected chi connectivity index (χ2v) is 10.4. The lowest BCUT2D eigenvalue weighted by molar-refractivity contribution is -0.120. The highest BCUT2D eigenvalue weighted by molar-refractivity contribution is 6.07. The molecule has 3 aromatic rings. The van der Waals surface area contributed by atoms with Gasteiger partial charge in [0.15, 0.2) is 0 Å². The summed E-state index contributed by atoms with van der Waals surface area (Å²) in [6.45, 7) is 8.20. The molecule has 1 saturated heterocycles. The molecule has 1 fully saturated rings. The number of benzene rings is 3. The summed E-state index contributed by atoms with van der Waals surface area (Å²) in [5.74, 6) is 0.625. The monoisotopic (exact) mass is 495 g/mol. The van der Waals surface area contributed by atoms with Gasteiger partial charge in [-0.25, -0.2) is 0 Å². The van der Waals surface area contributed by atoms with Gasteiger partial charge in [0.2, 0.25) is 5.91 Å². The zero-order valence-corrected chi connectivity index (χ0v) is 22.1. The number of hydrogen-bond acceptors (Lipinski definition) is 3. The van der Waals surface area contributed by atoms with Crippen molar-refractivity contribution in [2.75, 3.05) is 23.7 Å². The van der Waals surface area contributed by atoms with E-state index in [4.69, 9.17) is 0 Å². The van der Waals surface area contributed by atoms with Crippen LogP contribution in [0.15, 0.2) is 66.7 Å². The standard InChI is InChI=1S/C32H37N3O2/c1-4-22(5-2)31(36)33-24-14-15-25(21(3)20-24)23-16-18-35(19-17-23)30-26-10-6-7-11-27(26)32(37)34-29-13-9-8-12-28(29)30/h6-15,20,22-23,30H,4-5,16-19H2,1-3H3,(H,33,36)(H,34,37). The Morgan fingerprint density at radius 2 is 1.62 bits per heavy atom. The van der Waals surface area contributed by atoms with Crippen molar-refractivity contribution in [3.8, 4) is 0 Å². The van der Waals surface area contributed by atoms with Crippen molar-refractivity contribution in [3.63, 3.8) is 0 Å². The van der Waals surface area contributed by atoms with Crippen LogP contribution in [-0.2, 0) is 4.79 Å². The van der Waals surface area contributed by atoms with E-state index in [2.05, 4.69) is 72.7 Å². The summed E-state index contributed by atoms with van der Waals surface area (Å²) < 4.78 is 0. The van der Waals surface area contributed by atoms with Gasteiger partial charge < -0.3 is 10.6 Å². The van der Waals surface area contributed by atoms with Gasteiger partial charge in [-0.3, -0.25) is 14.5 Å². The Labute approximate surface area is 220 Å². The summed E-state index contributed by atoms with van der Waals surface area (Å²) in [5, 5.41) is 6.24. The molecule has 0 saturated carbocycles. The number of carbonyl (C=O) groups is 2. The van der Waals surface area contributed by atoms with Crippen LogP contribution in [0.2, 0.25) is 0 Å². The lowest BCUT2D eigenvalue weighted by Gasteiger charge is -2.39. The number of nitrogens with zero attached hydrogens (tertiary/aromatic N) is 1. The number of anilines is 2. The van der Waals surface area contributed by atoms with Crippen molar-refractivity contribution in [2.24, 2.45) is 5.92 Å². The average Bonchev–Trinajstić information content (AvgIpc) is 3.03. The van der Waals surface area contributed by atoms with Crippen LogP contribution in [0.5, 0.6) is 0 Å². The minimum absolute atomic E-state index is 0.0348. The summed E-state index contributed by atoms with van der Waals surface area (Å²) in [5.41, 5.74) is 7.40. The SMILES string of the molecule is CCC(CC)C(=O)Nc1ccc(C2CCN(C3c4ccccc4NC(=O)c4ccccc43)CC2)c(C)c1. The maximum atomic E-state index is 13.0. The molecule has 2 N–H and O–H groups in total. The van der Waals surface area contributed by atoms with E-state index in [9.17, 15) is 9.59 Å². The number of amides is 2. The van der Waals surface area contributed by atoms with Crippen molar-refractivity contribution < 1.29 is 9.59 Å². The third-order valence-electron chi connectivity index (χ3n) is 8.23. The van der Waals surface area contributed by atoms with Crippen LogP contribution >= 0.6 is 0 Å². The quantitative estimate of drug-likeness (QED) is 0.391. The molecule has 0 aliphatic carbocycles. The van der Waals surface area contributed by atoms with Crippen LogP contribution in [0.1, 0.15) is 84.1 Å². The van der Waals surface area contributed by atoms with Gasteiger partial charge in [0, 0.05) is 22.9 Å². The Balaban J connectivity index is 1.34. The molecule has 0 bridgehead atoms. The molecule has 1 atom stereocenters. The summed E-state index contributed by atoms with van der Waals surface area (Å²) >= 11 is 0. The van der Waals surface area contributed by atoms with Gasteiger partial charge in [-0.1, -0.05) is 56.3 Å². The molecular weight excluding hydrogens is 458 g/mol. The Morgan fingerprint density at radius 1 is 0.946 bits per heavy atom. The van der Waals surface area contributed by atoms with Crippen LogP contribution in [-0.4, -0.2) is 29.8 Å². The van der Waals surface area contributed by atoms with Gasteiger partial charge in [-0.15, -0.1) is 0 Å². The molecule has 192 valence electrons. The topological polar surface area (TPSA) is 61.4 Å². The molecule has 2 aliphatic rings. The summed E-state index contributed by atoms with van der Waals surface area (Å²) in [4.78, 5) is 28.1. The summed E-state index contributed by atoms with van der Waals surface area (Å²) in [6.07, 6.45) is 3.83. The van der Waals surface area contributed by atoms with Crippen molar-refractivity contribution in [2.45, 2.75) is 58.4 Å². The molecule has 0 spiro atoms. The zero-order chi connectivity index (χ0) is 25.9. The minimum Gasteiger partial charge on any atom is -0.326 e. The number of likely N-dealkylation sites (tertiary alicyclic amines) is 1. The summed E-state index contributed by atoms with van der Waals surface area (Å²) in [6, 6.07) is 22.6. The molecule has 0 aromatic heterocycles. The molecule has 3 aromatic carbocycles. The van der Waals surface area contributed by atoms with Crippen LogP contribution in [0, 0.1) is 12.8 Å². The number of para-hydroxylation sites is 1. The number of hydrogen-bond donors (Lipinski definition) is 2. The van der Waals surface area contributed by atoms with Crippen LogP contribution in [0.25, 0.3) is 0 Å². The zero-order valence-electron chi connectivity index (χ0n) is 22.1. The fraction of sp³-hybridized carbons (Fsp3) is 0.375. The normalized spacial score (nSPS) is 18.1. The van der Waals surface area contributed by atoms with Gasteiger partial charge >= 0.3 is 0 Å². The number of rotatable bonds is 6. The van der Waals surface area contributed by atoms with E-state index >= 15 is 0 Å². The Bertz CT molecular complexity index is 1290. The highest BCUT2D eigenvalue weighted by Crippen LogP contribution is 2.41. The smallest absolute Gasteiger partial charge is 0.256 e. The van der Waals surface area contributed by atoms with E-state index < -0.39 is 0 Å². The Kier molecular flexibility index (Phi) is 7.43. The van der Waals surface area contributed by atoms with Gasteiger partial charge in [-0.05, 0) is 98.1 Å². The van der Waals surface area contributed by atoms with Crippen molar-refractivity contribution in [3.05, 3.63) is 94.5 Å². The Morgan fingerprint density at radius 3 is 2.32 bits per heavy atom. The van der Waals surface area contributed by atoms with E-state index in [1.807, 2.05) is 30.3 Å². The molecule has 2 aliphatic heterocycles. The predicted octanol–water partition coefficient (Wildman–Crippen LogP) is 6.90. The number of carbonyl (C=O) groups excluding carboxylic acids is 2. The maximum Gasteiger partial charge on any atom is 0.256 e. The first kappa shape index (κ1) is 25.2. The fourth-order valence-corrected chi connectivity index (χ4v) is 6.13. The van der Waals surface area contributed by atoms with Crippen molar-refractivity contribution in [1.29, 1.82) is 0 Å². The highest BCUT2D eigenvalue weighted by Gasteiger charge is 2.34. The second-order valence-electron chi connectivity index (χ2n) is 10.4. The van der Waals surface area contributed by atoms with Gasteiger partial charge in [0.25, 0.3) is 5.91 Å². The fourth-order valence-electron chi connectivity index (χ4n) is 6.13. The number of aryl methyl sites for hydroxylation is 1. The van der Waals surface area contributed by atoms with E-state index in [1.165, 1.54) is 11.1 Å². The first-order chi connectivity index (χ1) is 18.0. The molecular formula is C32H37N3O2. The lowest BCUT2D eigenvalue weighted by Crippen LogP contribution is -2.37. The molecule has 2 heterocycles. The Hall–Kier alpha value is -3.44. The largest absolute Gasteiger partial charge is 0.326 e. The molecule has 5 rings (SSSR count). The molecule has 37 heavy (non-hydrogen) atoms. The first-order valence-corrected chi connectivity index (χ1v) is 13.6. The maximum absolute atomic E-state index is 13.0. The van der Waals surface area contributed by atoms with Gasteiger partial charge in [-0.2, -0.15) is 0 Å². The number of piperidine rings is 1. The molecule has 5 nitrogen and oxygen atoms in total. The van der Waals surface area contributed by atoms with E-state index in [1.54, 1.807) is 0 Å². The van der Waals surface area contributed by atoms with Gasteiger partial charge in [0.1, 0.15) is 0 Å².